The van der Waals surface area contributed by atoms with E-state index in [1.54, 1.807) is 32.0 Å². The van der Waals surface area contributed by atoms with Gasteiger partial charge in [-0.1, -0.05) is 11.6 Å². The van der Waals surface area contributed by atoms with Gasteiger partial charge in [0.2, 0.25) is 12.1 Å². The van der Waals surface area contributed by atoms with Crippen molar-refractivity contribution in [1.82, 2.24) is 0 Å². The lowest BCUT2D eigenvalue weighted by Crippen LogP contribution is -2.28. The molecule has 4 nitrogen and oxygen atoms in total. The van der Waals surface area contributed by atoms with Crippen LogP contribution in [-0.2, 0) is 9.47 Å². The summed E-state index contributed by atoms with van der Waals surface area (Å²) < 4.78 is 15.7. The van der Waals surface area contributed by atoms with E-state index >= 15 is 0 Å². The summed E-state index contributed by atoms with van der Waals surface area (Å²) in [6.45, 7) is 4.38. The first-order valence-electron chi connectivity index (χ1n) is 5.75. The van der Waals surface area contributed by atoms with Crippen molar-refractivity contribution in [3.8, 4) is 5.75 Å². The van der Waals surface area contributed by atoms with E-state index in [0.717, 1.165) is 0 Å². The zero-order chi connectivity index (χ0) is 13.5. The van der Waals surface area contributed by atoms with Gasteiger partial charge in [-0.05, 0) is 32.0 Å². The Kier molecular flexibility index (Phi) is 6.12. The normalized spacial score (nSPS) is 10.7. The van der Waals surface area contributed by atoms with E-state index < -0.39 is 6.29 Å². The Hall–Kier alpha value is -1.10. The molecule has 0 N–H and O–H groups in total. The molecule has 0 radical (unpaired) electrons. The molecule has 0 spiro atoms. The molecule has 0 fully saturated rings. The van der Waals surface area contributed by atoms with Crippen molar-refractivity contribution < 1.29 is 19.0 Å². The second-order valence-corrected chi connectivity index (χ2v) is 3.89. The van der Waals surface area contributed by atoms with Gasteiger partial charge >= 0.3 is 0 Å². The summed E-state index contributed by atoms with van der Waals surface area (Å²) in [6.07, 6.45) is -0.924. The van der Waals surface area contributed by atoms with Gasteiger partial charge in [0.05, 0.1) is 12.7 Å². The van der Waals surface area contributed by atoms with Gasteiger partial charge in [0, 0.05) is 18.2 Å². The number of carbonyl (C=O) groups is 1. The second kappa shape index (κ2) is 7.36. The minimum atomic E-state index is -0.924. The quantitative estimate of drug-likeness (QED) is 0.565. The molecule has 0 aliphatic carbocycles. The van der Waals surface area contributed by atoms with Gasteiger partial charge < -0.3 is 14.2 Å². The van der Waals surface area contributed by atoms with Crippen molar-refractivity contribution in [2.24, 2.45) is 0 Å². The average Bonchev–Trinajstić information content (AvgIpc) is 2.37. The van der Waals surface area contributed by atoms with Gasteiger partial charge in [-0.2, -0.15) is 0 Å². The van der Waals surface area contributed by atoms with E-state index in [9.17, 15) is 4.79 Å². The molecule has 0 bridgehead atoms. The maximum absolute atomic E-state index is 12.3. The number of methoxy groups -OCH3 is 1. The van der Waals surface area contributed by atoms with Crippen LogP contribution in [0.25, 0.3) is 0 Å². The number of Topliss-reactive ketones (excluding diaryl/α,β-unsaturated/α-hetero) is 1. The Balaban J connectivity index is 3.02. The fourth-order valence-electron chi connectivity index (χ4n) is 1.50. The molecule has 0 aliphatic rings. The fraction of sp³-hybridized carbons (Fsp3) is 0.462. The third kappa shape index (κ3) is 3.70. The van der Waals surface area contributed by atoms with E-state index in [0.29, 0.717) is 29.5 Å². The maximum atomic E-state index is 12.3. The summed E-state index contributed by atoms with van der Waals surface area (Å²) in [7, 11) is 1.50. The van der Waals surface area contributed by atoms with Gasteiger partial charge in [-0.15, -0.1) is 0 Å². The number of hydrogen-bond acceptors (Lipinski definition) is 4. The van der Waals surface area contributed by atoms with Crippen LogP contribution in [0, 0.1) is 0 Å². The van der Waals surface area contributed by atoms with Gasteiger partial charge in [0.25, 0.3) is 0 Å². The number of carbonyl (C=O) groups excluding carboxylic acids is 1. The summed E-state index contributed by atoms with van der Waals surface area (Å²) in [5.41, 5.74) is 0.358. The Bertz CT molecular complexity index is 400. The number of rotatable bonds is 7. The van der Waals surface area contributed by atoms with Crippen molar-refractivity contribution >= 4 is 17.4 Å². The molecule has 0 atom stereocenters. The third-order valence-corrected chi connectivity index (χ3v) is 2.51. The van der Waals surface area contributed by atoms with E-state index in [-0.39, 0.29) is 5.78 Å². The highest BCUT2D eigenvalue weighted by Crippen LogP contribution is 2.24. The molecule has 0 aromatic heterocycles. The second-order valence-electron chi connectivity index (χ2n) is 3.45. The molecule has 1 aromatic carbocycles. The van der Waals surface area contributed by atoms with Crippen LogP contribution >= 0.6 is 11.6 Å². The maximum Gasteiger partial charge on any atom is 0.222 e. The summed E-state index contributed by atoms with van der Waals surface area (Å²) >= 11 is 5.89. The van der Waals surface area contributed by atoms with Crippen LogP contribution in [0.3, 0.4) is 0 Å². The van der Waals surface area contributed by atoms with Crippen LogP contribution in [0.1, 0.15) is 24.2 Å². The Morgan fingerprint density at radius 3 is 2.39 bits per heavy atom. The smallest absolute Gasteiger partial charge is 0.222 e. The minimum Gasteiger partial charge on any atom is -0.496 e. The number of ether oxygens (including phenoxy) is 3. The molecule has 0 unspecified atom stereocenters. The summed E-state index contributed by atoms with van der Waals surface area (Å²) in [5, 5.41) is 0.464. The average molecular weight is 273 g/mol. The molecule has 0 saturated heterocycles. The van der Waals surface area contributed by atoms with Gasteiger partial charge in [-0.3, -0.25) is 4.79 Å². The lowest BCUT2D eigenvalue weighted by molar-refractivity contribution is -0.107. The largest absolute Gasteiger partial charge is 0.496 e. The first kappa shape index (κ1) is 15.0. The molecule has 1 rings (SSSR count). The van der Waals surface area contributed by atoms with Crippen molar-refractivity contribution in [2.45, 2.75) is 20.1 Å². The Labute approximate surface area is 112 Å². The first-order chi connectivity index (χ1) is 8.63. The van der Waals surface area contributed by atoms with E-state index in [2.05, 4.69) is 0 Å². The van der Waals surface area contributed by atoms with Crippen molar-refractivity contribution in [3.63, 3.8) is 0 Å². The molecule has 100 valence electrons. The van der Waals surface area contributed by atoms with Crippen LogP contribution in [-0.4, -0.2) is 32.4 Å². The van der Waals surface area contributed by atoms with Crippen LogP contribution in [0.5, 0.6) is 5.75 Å². The highest BCUT2D eigenvalue weighted by molar-refractivity contribution is 6.31. The molecular formula is C13H17ClO4. The molecule has 5 heteroatoms. The zero-order valence-electron chi connectivity index (χ0n) is 10.7. The molecular weight excluding hydrogens is 256 g/mol. The molecule has 1 aromatic rings. The molecule has 18 heavy (non-hydrogen) atoms. The third-order valence-electron chi connectivity index (χ3n) is 2.28. The Morgan fingerprint density at radius 1 is 1.28 bits per heavy atom. The number of benzene rings is 1. The van der Waals surface area contributed by atoms with Crippen LogP contribution in [0.2, 0.25) is 5.02 Å². The monoisotopic (exact) mass is 272 g/mol. The predicted molar refractivity (Wildman–Crippen MR) is 69.4 cm³/mol. The van der Waals surface area contributed by atoms with Gasteiger partial charge in [0.15, 0.2) is 0 Å². The fourth-order valence-corrected chi connectivity index (χ4v) is 1.67. The topological polar surface area (TPSA) is 44.8 Å². The van der Waals surface area contributed by atoms with Gasteiger partial charge in [-0.25, -0.2) is 0 Å². The van der Waals surface area contributed by atoms with Crippen molar-refractivity contribution in [2.75, 3.05) is 20.3 Å². The lowest BCUT2D eigenvalue weighted by atomic mass is 10.1. The van der Waals surface area contributed by atoms with E-state index in [1.165, 1.54) is 7.11 Å². The van der Waals surface area contributed by atoms with Crippen LogP contribution in [0.15, 0.2) is 18.2 Å². The molecule has 0 saturated carbocycles. The molecule has 0 heterocycles. The molecule has 0 aliphatic heterocycles. The summed E-state index contributed by atoms with van der Waals surface area (Å²) in [6, 6.07) is 4.85. The highest BCUT2D eigenvalue weighted by Gasteiger charge is 2.24. The number of halogens is 1. The zero-order valence-corrected chi connectivity index (χ0v) is 11.5. The van der Waals surface area contributed by atoms with Crippen molar-refractivity contribution in [1.29, 1.82) is 0 Å². The predicted octanol–water partition coefficient (Wildman–Crippen LogP) is 2.93. The number of hydrogen-bond donors (Lipinski definition) is 0. The highest BCUT2D eigenvalue weighted by atomic mass is 35.5. The minimum absolute atomic E-state index is 0.293. The first-order valence-corrected chi connectivity index (χ1v) is 6.12. The van der Waals surface area contributed by atoms with Gasteiger partial charge in [0.1, 0.15) is 5.75 Å². The SMILES string of the molecule is CCOC(OCC)C(=O)c1cc(Cl)ccc1OC. The van der Waals surface area contributed by atoms with Crippen LogP contribution in [0.4, 0.5) is 0 Å². The van der Waals surface area contributed by atoms with Crippen molar-refractivity contribution in [3.05, 3.63) is 28.8 Å². The van der Waals surface area contributed by atoms with E-state index in [1.807, 2.05) is 0 Å². The Morgan fingerprint density at radius 2 is 1.89 bits per heavy atom. The summed E-state index contributed by atoms with van der Waals surface area (Å²) in [5.74, 6) is 0.159. The number of ketones is 1. The molecule has 0 amide bonds. The van der Waals surface area contributed by atoms with E-state index in [4.69, 9.17) is 25.8 Å². The summed E-state index contributed by atoms with van der Waals surface area (Å²) in [4.78, 5) is 12.3. The van der Waals surface area contributed by atoms with Crippen LogP contribution < -0.4 is 4.74 Å². The lowest BCUT2D eigenvalue weighted by Gasteiger charge is -2.17. The standard InChI is InChI=1S/C13H17ClO4/c1-4-17-13(18-5-2)12(15)10-8-9(14)6-7-11(10)16-3/h6-8,13H,4-5H2,1-3H3.